The van der Waals surface area contributed by atoms with E-state index >= 15 is 0 Å². The lowest BCUT2D eigenvalue weighted by Crippen LogP contribution is -2.53. The Balaban J connectivity index is 1.50. The number of fused-ring (bicyclic) bond motifs is 1. The zero-order valence-corrected chi connectivity index (χ0v) is 13.7. The maximum absolute atomic E-state index is 12.8. The number of carbonyl (C=O) groups excluding carboxylic acids is 1. The number of carbonyl (C=O) groups is 1. The number of nitrogens with zero attached hydrogens (tertiary/aromatic N) is 5. The largest absolute Gasteiger partial charge is 0.374 e. The van der Waals surface area contributed by atoms with Crippen LogP contribution in [0.5, 0.6) is 0 Å². The summed E-state index contributed by atoms with van der Waals surface area (Å²) in [5.74, 6) is 0.416. The lowest BCUT2D eigenvalue weighted by molar-refractivity contribution is -0.0650. The highest BCUT2D eigenvalue weighted by Gasteiger charge is 2.44. The molecule has 1 amide bonds. The Morgan fingerprint density at radius 2 is 2.29 bits per heavy atom. The van der Waals surface area contributed by atoms with Crippen molar-refractivity contribution in [2.75, 3.05) is 13.2 Å². The second-order valence-electron chi connectivity index (χ2n) is 6.54. The first-order chi connectivity index (χ1) is 11.7. The number of aryl methyl sites for hydroxylation is 1. The molecular weight excluding hydrogens is 306 g/mol. The molecule has 1 saturated heterocycles. The summed E-state index contributed by atoms with van der Waals surface area (Å²) in [6, 6.07) is 3.77. The third kappa shape index (κ3) is 2.69. The minimum Gasteiger partial charge on any atom is -0.374 e. The molecule has 7 heteroatoms. The summed E-state index contributed by atoms with van der Waals surface area (Å²) < 4.78 is 7.98. The van der Waals surface area contributed by atoms with Crippen LogP contribution in [0.1, 0.15) is 28.9 Å². The number of morpholine rings is 1. The minimum atomic E-state index is 0.0546. The number of amides is 1. The Kier molecular flexibility index (Phi) is 4.02. The molecule has 0 spiro atoms. The highest BCUT2D eigenvalue weighted by Crippen LogP contribution is 2.36. The Morgan fingerprint density at radius 3 is 3.04 bits per heavy atom. The van der Waals surface area contributed by atoms with Gasteiger partial charge >= 0.3 is 0 Å². The van der Waals surface area contributed by atoms with Crippen molar-refractivity contribution in [3.63, 3.8) is 0 Å². The van der Waals surface area contributed by atoms with Crippen molar-refractivity contribution in [1.82, 2.24) is 24.9 Å². The van der Waals surface area contributed by atoms with Gasteiger partial charge in [-0.2, -0.15) is 0 Å². The average Bonchev–Trinajstić information content (AvgIpc) is 3.22. The summed E-state index contributed by atoms with van der Waals surface area (Å²) in [7, 11) is 0. The fraction of sp³-hybridized carbons (Fsp3) is 0.529. The van der Waals surface area contributed by atoms with Gasteiger partial charge in [0.15, 0.2) is 0 Å². The van der Waals surface area contributed by atoms with Crippen LogP contribution in [0.4, 0.5) is 0 Å². The number of hydrogen-bond acceptors (Lipinski definition) is 5. The first kappa shape index (κ1) is 15.3. The van der Waals surface area contributed by atoms with E-state index in [4.69, 9.17) is 4.74 Å². The Morgan fingerprint density at radius 1 is 1.38 bits per heavy atom. The van der Waals surface area contributed by atoms with Crippen molar-refractivity contribution < 1.29 is 9.53 Å². The van der Waals surface area contributed by atoms with E-state index in [9.17, 15) is 4.79 Å². The number of ether oxygens (including phenoxy) is 1. The maximum atomic E-state index is 12.8. The molecule has 1 aliphatic heterocycles. The average molecular weight is 327 g/mol. The topological polar surface area (TPSA) is 73.1 Å². The highest BCUT2D eigenvalue weighted by molar-refractivity contribution is 5.94. The highest BCUT2D eigenvalue weighted by atomic mass is 16.5. The molecule has 7 nitrogen and oxygen atoms in total. The molecule has 4 rings (SSSR count). The van der Waals surface area contributed by atoms with Gasteiger partial charge in [-0.15, -0.1) is 5.10 Å². The second-order valence-corrected chi connectivity index (χ2v) is 6.54. The lowest BCUT2D eigenvalue weighted by atomic mass is 10.0. The van der Waals surface area contributed by atoms with E-state index in [1.54, 1.807) is 24.7 Å². The molecule has 0 radical (unpaired) electrons. The predicted molar refractivity (Wildman–Crippen MR) is 86.3 cm³/mol. The van der Waals surface area contributed by atoms with Gasteiger partial charge < -0.3 is 9.64 Å². The molecule has 0 bridgehead atoms. The standard InChI is InChI=1S/C17H21N5O2/c1-12-9-19-20-22(12)11-14-4-5-15-16(14)24-8-7-21(15)17(23)13-3-2-6-18-10-13/h2-3,6,9-10,14-16H,4-5,7-8,11H2,1H3. The summed E-state index contributed by atoms with van der Waals surface area (Å²) in [5, 5.41) is 8.09. The predicted octanol–water partition coefficient (Wildman–Crippen LogP) is 1.30. The molecule has 2 aromatic heterocycles. The van der Waals surface area contributed by atoms with Gasteiger partial charge in [0, 0.05) is 31.4 Å². The monoisotopic (exact) mass is 327 g/mol. The number of rotatable bonds is 3. The van der Waals surface area contributed by atoms with E-state index in [0.717, 1.165) is 25.1 Å². The van der Waals surface area contributed by atoms with Crippen molar-refractivity contribution in [3.8, 4) is 0 Å². The molecule has 0 N–H and O–H groups in total. The summed E-state index contributed by atoms with van der Waals surface area (Å²) >= 11 is 0. The van der Waals surface area contributed by atoms with Gasteiger partial charge in [-0.3, -0.25) is 9.78 Å². The Bertz CT molecular complexity index is 717. The van der Waals surface area contributed by atoms with Crippen LogP contribution in [0.15, 0.2) is 30.7 Å². The van der Waals surface area contributed by atoms with Crippen LogP contribution in [0.25, 0.3) is 0 Å². The molecule has 3 heterocycles. The summed E-state index contributed by atoms with van der Waals surface area (Å²) in [6.07, 6.45) is 7.17. The molecule has 3 unspecified atom stereocenters. The van der Waals surface area contributed by atoms with E-state index in [1.165, 1.54) is 0 Å². The molecule has 2 fully saturated rings. The van der Waals surface area contributed by atoms with Gasteiger partial charge in [0.05, 0.1) is 36.2 Å². The number of hydrogen-bond donors (Lipinski definition) is 0. The minimum absolute atomic E-state index is 0.0546. The van der Waals surface area contributed by atoms with E-state index in [-0.39, 0.29) is 18.1 Å². The molecule has 1 saturated carbocycles. The smallest absolute Gasteiger partial charge is 0.255 e. The second kappa shape index (κ2) is 6.32. The quantitative estimate of drug-likeness (QED) is 0.849. The van der Waals surface area contributed by atoms with Crippen molar-refractivity contribution in [2.24, 2.45) is 5.92 Å². The summed E-state index contributed by atoms with van der Waals surface area (Å²) in [4.78, 5) is 18.9. The first-order valence-electron chi connectivity index (χ1n) is 8.42. The molecule has 2 aromatic rings. The van der Waals surface area contributed by atoms with Crippen molar-refractivity contribution >= 4 is 5.91 Å². The van der Waals surface area contributed by atoms with Gasteiger partial charge in [-0.1, -0.05) is 5.21 Å². The van der Waals surface area contributed by atoms with Crippen LogP contribution < -0.4 is 0 Å². The van der Waals surface area contributed by atoms with Crippen LogP contribution in [0, 0.1) is 12.8 Å². The third-order valence-electron chi connectivity index (χ3n) is 5.11. The normalized spacial score (nSPS) is 26.4. The molecule has 24 heavy (non-hydrogen) atoms. The molecule has 2 aliphatic rings. The molecule has 1 aliphatic carbocycles. The van der Waals surface area contributed by atoms with Gasteiger partial charge in [-0.25, -0.2) is 4.68 Å². The number of aromatic nitrogens is 4. The zero-order valence-electron chi connectivity index (χ0n) is 13.7. The fourth-order valence-electron chi connectivity index (χ4n) is 3.87. The fourth-order valence-corrected chi connectivity index (χ4v) is 3.87. The van der Waals surface area contributed by atoms with Gasteiger partial charge in [-0.05, 0) is 31.9 Å². The Hall–Kier alpha value is -2.28. The van der Waals surface area contributed by atoms with E-state index in [1.807, 2.05) is 22.6 Å². The number of pyridine rings is 1. The molecular formula is C17H21N5O2. The van der Waals surface area contributed by atoms with Crippen LogP contribution in [-0.4, -0.2) is 56.1 Å². The van der Waals surface area contributed by atoms with Crippen LogP contribution in [-0.2, 0) is 11.3 Å². The summed E-state index contributed by atoms with van der Waals surface area (Å²) in [6.45, 7) is 4.03. The van der Waals surface area contributed by atoms with Gasteiger partial charge in [0.25, 0.3) is 5.91 Å². The molecule has 0 aromatic carbocycles. The maximum Gasteiger partial charge on any atom is 0.255 e. The van der Waals surface area contributed by atoms with Crippen molar-refractivity contribution in [3.05, 3.63) is 42.0 Å². The van der Waals surface area contributed by atoms with E-state index in [0.29, 0.717) is 24.6 Å². The first-order valence-corrected chi connectivity index (χ1v) is 8.42. The zero-order chi connectivity index (χ0) is 16.5. The molecule has 126 valence electrons. The van der Waals surface area contributed by atoms with E-state index in [2.05, 4.69) is 15.3 Å². The van der Waals surface area contributed by atoms with Crippen LogP contribution in [0.3, 0.4) is 0 Å². The van der Waals surface area contributed by atoms with Gasteiger partial charge in [0.1, 0.15) is 0 Å². The molecule has 3 atom stereocenters. The van der Waals surface area contributed by atoms with Crippen LogP contribution >= 0.6 is 0 Å². The van der Waals surface area contributed by atoms with Crippen molar-refractivity contribution in [1.29, 1.82) is 0 Å². The Labute approximate surface area is 140 Å². The third-order valence-corrected chi connectivity index (χ3v) is 5.11. The van der Waals surface area contributed by atoms with Crippen molar-refractivity contribution in [2.45, 2.75) is 38.5 Å². The SMILES string of the molecule is Cc1cnnn1CC1CCC2C1OCCN2C(=O)c1cccnc1. The van der Waals surface area contributed by atoms with E-state index < -0.39 is 0 Å². The van der Waals surface area contributed by atoms with Gasteiger partial charge in [0.2, 0.25) is 0 Å². The lowest BCUT2D eigenvalue weighted by Gasteiger charge is -2.39. The summed E-state index contributed by atoms with van der Waals surface area (Å²) in [5.41, 5.74) is 1.70. The van der Waals surface area contributed by atoms with Crippen LogP contribution in [0.2, 0.25) is 0 Å².